The second kappa shape index (κ2) is 5.19. The molecule has 0 spiro atoms. The number of carboxylic acids is 1. The molecule has 4 nitrogen and oxygen atoms in total. The smallest absolute Gasteiger partial charge is 0.460 e. The van der Waals surface area contributed by atoms with Gasteiger partial charge >= 0.3 is 24.0 Å². The molecule has 0 radical (unpaired) electrons. The van der Waals surface area contributed by atoms with Crippen LogP contribution in [0.3, 0.4) is 0 Å². The number of carbonyl (C=O) groups excluding carboxylic acids is 2. The maximum atomic E-state index is 13.8. The molecule has 0 aromatic rings. The molecular weight excluding hydrogens is 377 g/mol. The third-order valence-electron chi connectivity index (χ3n) is 6.20. The van der Waals surface area contributed by atoms with E-state index >= 15 is 0 Å². The van der Waals surface area contributed by atoms with E-state index in [-0.39, 0.29) is 6.42 Å². The van der Waals surface area contributed by atoms with Gasteiger partial charge < -0.3 is 5.11 Å². The molecule has 4 atom stereocenters. The van der Waals surface area contributed by atoms with Gasteiger partial charge in [-0.05, 0) is 17.8 Å². The molecule has 1 N–H and O–H groups in total. The summed E-state index contributed by atoms with van der Waals surface area (Å²) in [7, 11) is 0. The van der Waals surface area contributed by atoms with E-state index in [4.69, 9.17) is 0 Å². The van der Waals surface area contributed by atoms with E-state index in [1.54, 1.807) is 0 Å². The van der Waals surface area contributed by atoms with Gasteiger partial charge in [0.2, 0.25) is 5.78 Å². The lowest BCUT2D eigenvalue weighted by molar-refractivity contribution is -0.345. The van der Waals surface area contributed by atoms with Crippen molar-refractivity contribution < 1.29 is 50.2 Å². The molecule has 2 bridgehead atoms. The minimum absolute atomic E-state index is 0.291. The van der Waals surface area contributed by atoms with Crippen LogP contribution in [-0.4, -0.2) is 40.7 Å². The standard InChI is InChI=1S/C15H15F7O4/c1-5-7(9(24)13(16,17)14(18,19)15(20,21)22)8(23)6-4-12(5,10(25)26)11(6,2)3/h5-7H,4H2,1-3H3,(H,25,26). The second-order valence-electron chi connectivity index (χ2n) is 7.43. The van der Waals surface area contributed by atoms with Crippen molar-refractivity contribution in [3.63, 3.8) is 0 Å². The zero-order chi connectivity index (χ0) is 20.7. The normalized spacial score (nSPS) is 34.2. The van der Waals surface area contributed by atoms with E-state index in [0.29, 0.717) is 0 Å². The molecule has 4 unspecified atom stereocenters. The molecule has 3 saturated carbocycles. The van der Waals surface area contributed by atoms with Crippen molar-refractivity contribution in [1.29, 1.82) is 0 Å². The number of aliphatic carboxylic acids is 1. The van der Waals surface area contributed by atoms with Crippen molar-refractivity contribution >= 4 is 17.5 Å². The van der Waals surface area contributed by atoms with Crippen LogP contribution in [0.2, 0.25) is 0 Å². The Bertz CT molecular complexity index is 682. The van der Waals surface area contributed by atoms with Crippen LogP contribution in [0.1, 0.15) is 27.2 Å². The van der Waals surface area contributed by atoms with E-state index in [1.807, 2.05) is 0 Å². The van der Waals surface area contributed by atoms with Crippen molar-refractivity contribution in [2.45, 2.75) is 45.2 Å². The molecule has 0 aliphatic heterocycles. The third kappa shape index (κ3) is 2.05. The highest BCUT2D eigenvalue weighted by Crippen LogP contribution is 2.70. The highest BCUT2D eigenvalue weighted by molar-refractivity contribution is 6.10. The van der Waals surface area contributed by atoms with E-state index in [9.17, 15) is 50.2 Å². The number of Topliss-reactive ketones (excluding diaryl/α,β-unsaturated/α-hetero) is 2. The van der Waals surface area contributed by atoms with Crippen LogP contribution in [0.15, 0.2) is 0 Å². The maximum Gasteiger partial charge on any atom is 0.460 e. The van der Waals surface area contributed by atoms with Crippen LogP contribution in [0.25, 0.3) is 0 Å². The molecule has 148 valence electrons. The Balaban J connectivity index is 2.51. The molecule has 3 aliphatic carbocycles. The zero-order valence-corrected chi connectivity index (χ0v) is 13.8. The molecule has 0 heterocycles. The number of hydrogen-bond acceptors (Lipinski definition) is 3. The lowest BCUT2D eigenvalue weighted by Crippen LogP contribution is -2.73. The second-order valence-corrected chi connectivity index (χ2v) is 7.43. The molecule has 11 heteroatoms. The fourth-order valence-electron chi connectivity index (χ4n) is 4.44. The summed E-state index contributed by atoms with van der Waals surface area (Å²) in [5, 5.41) is 9.48. The summed E-state index contributed by atoms with van der Waals surface area (Å²) in [5.41, 5.74) is -3.11. The van der Waals surface area contributed by atoms with Gasteiger partial charge in [-0.2, -0.15) is 30.7 Å². The lowest BCUT2D eigenvalue weighted by atomic mass is 9.34. The molecular formula is C15H15F7O4. The Hall–Kier alpha value is -1.68. The number of alkyl halides is 7. The predicted octanol–water partition coefficient (Wildman–Crippen LogP) is 3.34. The van der Waals surface area contributed by atoms with Crippen LogP contribution in [0.4, 0.5) is 30.7 Å². The van der Waals surface area contributed by atoms with Gasteiger partial charge in [0.1, 0.15) is 5.78 Å². The highest BCUT2D eigenvalue weighted by atomic mass is 19.4. The topological polar surface area (TPSA) is 71.4 Å². The molecule has 0 saturated heterocycles. The van der Waals surface area contributed by atoms with E-state index in [0.717, 1.165) is 6.92 Å². The van der Waals surface area contributed by atoms with Gasteiger partial charge in [0.05, 0.1) is 11.3 Å². The van der Waals surface area contributed by atoms with Gasteiger partial charge in [-0.15, -0.1) is 0 Å². The molecule has 3 rings (SSSR count). The average Bonchev–Trinajstić information content (AvgIpc) is 2.43. The van der Waals surface area contributed by atoms with Crippen molar-refractivity contribution in [3.05, 3.63) is 0 Å². The first kappa shape index (κ1) is 20.6. The van der Waals surface area contributed by atoms with E-state index < -0.39 is 64.1 Å². The maximum absolute atomic E-state index is 13.8. The van der Waals surface area contributed by atoms with Crippen molar-refractivity contribution in [1.82, 2.24) is 0 Å². The van der Waals surface area contributed by atoms with Crippen molar-refractivity contribution in [2.24, 2.45) is 28.6 Å². The minimum atomic E-state index is -6.72. The van der Waals surface area contributed by atoms with Gasteiger partial charge in [0.15, 0.2) is 0 Å². The first-order chi connectivity index (χ1) is 11.4. The van der Waals surface area contributed by atoms with Gasteiger partial charge in [0, 0.05) is 5.92 Å². The molecule has 3 aliphatic rings. The summed E-state index contributed by atoms with van der Waals surface area (Å²) in [6.07, 6.45) is -7.01. The van der Waals surface area contributed by atoms with Crippen LogP contribution in [0, 0.1) is 28.6 Å². The minimum Gasteiger partial charge on any atom is -0.481 e. The lowest BCUT2D eigenvalue weighted by Gasteiger charge is -2.66. The Morgan fingerprint density at radius 1 is 1.08 bits per heavy atom. The van der Waals surface area contributed by atoms with Gasteiger partial charge in [-0.25, -0.2) is 0 Å². The summed E-state index contributed by atoms with van der Waals surface area (Å²) in [6, 6.07) is 0. The zero-order valence-electron chi connectivity index (χ0n) is 13.8. The van der Waals surface area contributed by atoms with Gasteiger partial charge in [0.25, 0.3) is 0 Å². The number of halogens is 7. The van der Waals surface area contributed by atoms with Crippen LogP contribution >= 0.6 is 0 Å². The summed E-state index contributed by atoms with van der Waals surface area (Å²) in [5.74, 6) is -24.0. The predicted molar refractivity (Wildman–Crippen MR) is 70.6 cm³/mol. The number of carboxylic acid groups (broad SMARTS) is 1. The molecule has 0 aromatic carbocycles. The largest absolute Gasteiger partial charge is 0.481 e. The fourth-order valence-corrected chi connectivity index (χ4v) is 4.44. The SMILES string of the molecule is CC1C(C(=O)C(F)(F)C(F)(F)C(F)(F)F)C(=O)C2CC1(C(=O)O)C2(C)C. The van der Waals surface area contributed by atoms with Crippen LogP contribution in [-0.2, 0) is 14.4 Å². The first-order valence-electron chi connectivity index (χ1n) is 7.52. The summed E-state index contributed by atoms with van der Waals surface area (Å²) >= 11 is 0. The quantitative estimate of drug-likeness (QED) is 0.589. The van der Waals surface area contributed by atoms with E-state index in [2.05, 4.69) is 0 Å². The van der Waals surface area contributed by atoms with Crippen molar-refractivity contribution in [2.75, 3.05) is 0 Å². The van der Waals surface area contributed by atoms with Crippen LogP contribution < -0.4 is 0 Å². The summed E-state index contributed by atoms with van der Waals surface area (Å²) in [4.78, 5) is 36.0. The summed E-state index contributed by atoms with van der Waals surface area (Å²) < 4.78 is 90.7. The summed E-state index contributed by atoms with van der Waals surface area (Å²) in [6.45, 7) is 3.65. The first-order valence-corrected chi connectivity index (χ1v) is 7.52. The molecule has 0 aromatic heterocycles. The average molecular weight is 392 g/mol. The monoisotopic (exact) mass is 392 g/mol. The number of rotatable bonds is 4. The highest BCUT2D eigenvalue weighted by Gasteiger charge is 2.81. The Kier molecular flexibility index (Phi) is 4.12. The van der Waals surface area contributed by atoms with Gasteiger partial charge in [-0.3, -0.25) is 14.4 Å². The fraction of sp³-hybridized carbons (Fsp3) is 0.800. The molecule has 26 heavy (non-hydrogen) atoms. The number of ketones is 2. The Morgan fingerprint density at radius 2 is 1.54 bits per heavy atom. The van der Waals surface area contributed by atoms with Gasteiger partial charge in [-0.1, -0.05) is 20.8 Å². The Morgan fingerprint density at radius 3 is 1.88 bits per heavy atom. The van der Waals surface area contributed by atoms with Crippen LogP contribution in [0.5, 0.6) is 0 Å². The van der Waals surface area contributed by atoms with E-state index in [1.165, 1.54) is 13.8 Å². The molecule has 0 amide bonds. The number of fused-ring (bicyclic) bond motifs is 2. The number of hydrogen-bond donors (Lipinski definition) is 1. The van der Waals surface area contributed by atoms with Crippen molar-refractivity contribution in [3.8, 4) is 0 Å². The third-order valence-corrected chi connectivity index (χ3v) is 6.20. The Labute approximate surface area is 142 Å². The molecule has 3 fully saturated rings. The number of carbonyl (C=O) groups is 3.